The zero-order valence-electron chi connectivity index (χ0n) is 14.2. The Bertz CT molecular complexity index is 613. The van der Waals surface area contributed by atoms with Crippen LogP contribution in [0.2, 0.25) is 0 Å². The van der Waals surface area contributed by atoms with Crippen LogP contribution in [0.25, 0.3) is 0 Å². The Morgan fingerprint density at radius 1 is 1.17 bits per heavy atom. The third kappa shape index (κ3) is 4.23. The van der Waals surface area contributed by atoms with E-state index in [0.717, 1.165) is 49.4 Å². The van der Waals surface area contributed by atoms with Crippen molar-refractivity contribution in [3.8, 4) is 11.8 Å². The number of ether oxygens (including phenoxy) is 1. The molecule has 2 N–H and O–H groups in total. The first-order chi connectivity index (χ1) is 11.7. The predicted molar refractivity (Wildman–Crippen MR) is 92.3 cm³/mol. The van der Waals surface area contributed by atoms with Crippen LogP contribution in [0.5, 0.6) is 0 Å². The van der Waals surface area contributed by atoms with Gasteiger partial charge in [0.25, 0.3) is 0 Å². The molecule has 6 heteroatoms. The van der Waals surface area contributed by atoms with Gasteiger partial charge in [-0.3, -0.25) is 0 Å². The lowest BCUT2D eigenvalue weighted by atomic mass is 10.0. The fourth-order valence-corrected chi connectivity index (χ4v) is 3.11. The topological polar surface area (TPSA) is 81.0 Å². The number of hydrogen-bond acceptors (Lipinski definition) is 6. The van der Waals surface area contributed by atoms with Gasteiger partial charge in [-0.1, -0.05) is 18.8 Å². The predicted octanol–water partition coefficient (Wildman–Crippen LogP) is 1.65. The second-order valence-electron chi connectivity index (χ2n) is 6.53. The molecule has 1 saturated heterocycles. The summed E-state index contributed by atoms with van der Waals surface area (Å²) in [6.07, 6.45) is 6.11. The van der Waals surface area contributed by atoms with Gasteiger partial charge in [-0.25, -0.2) is 9.98 Å². The van der Waals surface area contributed by atoms with Crippen LogP contribution >= 0.6 is 0 Å². The average Bonchev–Trinajstić information content (AvgIpc) is 3.25. The van der Waals surface area contributed by atoms with E-state index in [0.29, 0.717) is 11.7 Å². The maximum atomic E-state index is 9.50. The SMILES string of the molecule is C/C1=C(\N(CO)CO)N=C(C2CCCC2)N=C(C#CC2CO2)CC1. The van der Waals surface area contributed by atoms with Gasteiger partial charge in [0.05, 0.1) is 12.3 Å². The van der Waals surface area contributed by atoms with Gasteiger partial charge in [0.2, 0.25) is 0 Å². The van der Waals surface area contributed by atoms with E-state index in [1.165, 1.54) is 17.7 Å². The van der Waals surface area contributed by atoms with Gasteiger partial charge < -0.3 is 19.8 Å². The molecule has 130 valence electrons. The van der Waals surface area contributed by atoms with E-state index in [4.69, 9.17) is 14.7 Å². The van der Waals surface area contributed by atoms with Crippen LogP contribution in [0.3, 0.4) is 0 Å². The van der Waals surface area contributed by atoms with E-state index in [1.54, 1.807) is 0 Å². The Kier molecular flexibility index (Phi) is 5.67. The molecule has 0 radical (unpaired) electrons. The normalized spacial score (nSPS) is 27.5. The lowest BCUT2D eigenvalue weighted by Gasteiger charge is -2.24. The molecule has 0 aromatic carbocycles. The quantitative estimate of drug-likeness (QED) is 0.466. The average molecular weight is 331 g/mol. The minimum Gasteiger partial charge on any atom is -0.376 e. The molecule has 1 saturated carbocycles. The third-order valence-electron chi connectivity index (χ3n) is 4.66. The van der Waals surface area contributed by atoms with Crippen molar-refractivity contribution in [2.24, 2.45) is 15.9 Å². The van der Waals surface area contributed by atoms with Gasteiger partial charge in [0.1, 0.15) is 31.2 Å². The number of epoxide rings is 1. The second-order valence-corrected chi connectivity index (χ2v) is 6.53. The van der Waals surface area contributed by atoms with E-state index in [9.17, 15) is 10.2 Å². The minimum atomic E-state index is -0.264. The maximum Gasteiger partial charge on any atom is 0.142 e. The second kappa shape index (κ2) is 7.93. The number of allylic oxidation sites excluding steroid dienone is 1. The van der Waals surface area contributed by atoms with E-state index in [1.807, 2.05) is 6.92 Å². The standard InChI is InChI=1S/C18H25N3O3/c1-13-6-7-15(8-9-16-10-24-16)19-17(14-4-2-3-5-14)20-18(13)21(11-22)12-23/h14,16,22-23H,2-7,10-12H2,1H3/b18-13+,19-15?,20-17?. The van der Waals surface area contributed by atoms with Gasteiger partial charge in [-0.15, -0.1) is 0 Å². The number of aliphatic hydroxyl groups excluding tert-OH is 2. The Labute approximate surface area is 142 Å². The molecule has 1 atom stereocenters. The van der Waals surface area contributed by atoms with Gasteiger partial charge in [-0.05, 0) is 37.7 Å². The lowest BCUT2D eigenvalue weighted by Crippen LogP contribution is -2.27. The molecule has 3 aliphatic rings. The van der Waals surface area contributed by atoms with Crippen LogP contribution in [0.15, 0.2) is 21.4 Å². The zero-order chi connectivity index (χ0) is 16.9. The van der Waals surface area contributed by atoms with Crippen molar-refractivity contribution in [2.75, 3.05) is 20.1 Å². The Morgan fingerprint density at radius 2 is 1.88 bits per heavy atom. The molecule has 1 aliphatic carbocycles. The first-order valence-electron chi connectivity index (χ1n) is 8.67. The summed E-state index contributed by atoms with van der Waals surface area (Å²) in [5.41, 5.74) is 1.89. The molecule has 6 nitrogen and oxygen atoms in total. The molecule has 2 heterocycles. The van der Waals surface area contributed by atoms with Gasteiger partial charge in [0.15, 0.2) is 0 Å². The highest BCUT2D eigenvalue weighted by molar-refractivity contribution is 6.08. The highest BCUT2D eigenvalue weighted by Gasteiger charge is 2.24. The van der Waals surface area contributed by atoms with Crippen LogP contribution in [0, 0.1) is 17.8 Å². The maximum absolute atomic E-state index is 9.50. The number of aliphatic hydroxyl groups is 2. The van der Waals surface area contributed by atoms with Crippen molar-refractivity contribution in [3.63, 3.8) is 0 Å². The van der Waals surface area contributed by atoms with E-state index < -0.39 is 0 Å². The van der Waals surface area contributed by atoms with E-state index >= 15 is 0 Å². The lowest BCUT2D eigenvalue weighted by molar-refractivity contribution is 0.0554. The van der Waals surface area contributed by atoms with Crippen LogP contribution in [-0.2, 0) is 4.74 Å². The molecule has 0 aromatic heterocycles. The molecule has 1 unspecified atom stereocenters. The van der Waals surface area contributed by atoms with Crippen molar-refractivity contribution >= 4 is 11.5 Å². The summed E-state index contributed by atoms with van der Waals surface area (Å²) in [7, 11) is 0. The first-order valence-corrected chi connectivity index (χ1v) is 8.67. The van der Waals surface area contributed by atoms with Gasteiger partial charge in [-0.2, -0.15) is 0 Å². The summed E-state index contributed by atoms with van der Waals surface area (Å²) >= 11 is 0. The van der Waals surface area contributed by atoms with Crippen LogP contribution in [0.4, 0.5) is 0 Å². The van der Waals surface area contributed by atoms with Gasteiger partial charge in [0, 0.05) is 12.3 Å². The molecular weight excluding hydrogens is 306 g/mol. The van der Waals surface area contributed by atoms with E-state index in [2.05, 4.69) is 11.8 Å². The molecule has 0 amide bonds. The molecule has 2 fully saturated rings. The first kappa shape index (κ1) is 17.2. The highest BCUT2D eigenvalue weighted by atomic mass is 16.6. The zero-order valence-corrected chi connectivity index (χ0v) is 14.2. The summed E-state index contributed by atoms with van der Waals surface area (Å²) < 4.78 is 5.15. The number of nitrogens with zero attached hydrogens (tertiary/aromatic N) is 3. The summed E-state index contributed by atoms with van der Waals surface area (Å²) in [5, 5.41) is 19.0. The number of hydrogen-bond donors (Lipinski definition) is 2. The summed E-state index contributed by atoms with van der Waals surface area (Å²) in [5.74, 6) is 8.01. The van der Waals surface area contributed by atoms with Crippen molar-refractivity contribution in [2.45, 2.75) is 51.6 Å². The Hall–Kier alpha value is -1.68. The van der Waals surface area contributed by atoms with E-state index in [-0.39, 0.29) is 19.6 Å². The number of aliphatic imine (C=N–C) groups is 2. The Morgan fingerprint density at radius 3 is 2.50 bits per heavy atom. The number of amidine groups is 1. The van der Waals surface area contributed by atoms with Crippen molar-refractivity contribution < 1.29 is 14.9 Å². The fraction of sp³-hybridized carbons (Fsp3) is 0.667. The number of rotatable bonds is 4. The molecule has 0 bridgehead atoms. The Balaban J connectivity index is 1.94. The molecule has 24 heavy (non-hydrogen) atoms. The third-order valence-corrected chi connectivity index (χ3v) is 4.66. The largest absolute Gasteiger partial charge is 0.376 e. The molecule has 2 aliphatic heterocycles. The van der Waals surface area contributed by atoms with Crippen LogP contribution in [0.1, 0.15) is 45.4 Å². The van der Waals surface area contributed by atoms with Crippen molar-refractivity contribution in [1.29, 1.82) is 0 Å². The summed E-state index contributed by atoms with van der Waals surface area (Å²) in [6.45, 7) is 2.18. The summed E-state index contributed by atoms with van der Waals surface area (Å²) in [6, 6.07) is 0. The molecule has 3 rings (SSSR count). The monoisotopic (exact) mass is 331 g/mol. The van der Waals surface area contributed by atoms with Crippen LogP contribution < -0.4 is 0 Å². The fourth-order valence-electron chi connectivity index (χ4n) is 3.11. The minimum absolute atomic E-state index is 0.0662. The molecule has 0 aromatic rings. The molecule has 0 spiro atoms. The van der Waals surface area contributed by atoms with Crippen molar-refractivity contribution in [1.82, 2.24) is 4.90 Å². The highest BCUT2D eigenvalue weighted by Crippen LogP contribution is 2.29. The van der Waals surface area contributed by atoms with Crippen molar-refractivity contribution in [3.05, 3.63) is 11.4 Å². The molecular formula is C18H25N3O3. The summed E-state index contributed by atoms with van der Waals surface area (Å²) in [4.78, 5) is 11.0. The smallest absolute Gasteiger partial charge is 0.142 e. The van der Waals surface area contributed by atoms with Gasteiger partial charge >= 0.3 is 0 Å². The van der Waals surface area contributed by atoms with Crippen LogP contribution in [-0.4, -0.2) is 52.8 Å².